The zero-order valence-electron chi connectivity index (χ0n) is 14.6. The van der Waals surface area contributed by atoms with Gasteiger partial charge in [-0.3, -0.25) is 4.79 Å². The van der Waals surface area contributed by atoms with E-state index in [0.717, 1.165) is 34.4 Å². The number of carbonyl (C=O) groups excluding carboxylic acids is 1. The zero-order valence-corrected chi connectivity index (χ0v) is 14.6. The first-order chi connectivity index (χ1) is 12.2. The number of rotatable bonds is 3. The molecule has 25 heavy (non-hydrogen) atoms. The summed E-state index contributed by atoms with van der Waals surface area (Å²) in [4.78, 5) is 13.2. The van der Waals surface area contributed by atoms with Crippen molar-refractivity contribution in [1.82, 2.24) is 5.32 Å². The molecular formula is C23H25NO. The number of nitrogens with one attached hydrogen (secondary N) is 1. The fraction of sp³-hybridized carbons (Fsp3) is 0.435. The number of amides is 1. The van der Waals surface area contributed by atoms with Crippen molar-refractivity contribution in [3.8, 4) is 11.1 Å². The highest BCUT2D eigenvalue weighted by atomic mass is 16.1. The summed E-state index contributed by atoms with van der Waals surface area (Å²) in [7, 11) is 0. The summed E-state index contributed by atoms with van der Waals surface area (Å²) in [5, 5.41) is 3.51. The maximum absolute atomic E-state index is 13.2. The van der Waals surface area contributed by atoms with Gasteiger partial charge in [0.1, 0.15) is 0 Å². The highest BCUT2D eigenvalue weighted by Crippen LogP contribution is 2.55. The van der Waals surface area contributed by atoms with Gasteiger partial charge in [0, 0.05) is 11.1 Å². The first-order valence-electron chi connectivity index (χ1n) is 9.68. The van der Waals surface area contributed by atoms with E-state index in [4.69, 9.17) is 0 Å². The molecule has 0 aliphatic heterocycles. The van der Waals surface area contributed by atoms with E-state index in [1.165, 1.54) is 38.5 Å². The first kappa shape index (κ1) is 15.2. The van der Waals surface area contributed by atoms with Crippen molar-refractivity contribution < 1.29 is 4.79 Å². The molecule has 0 aromatic heterocycles. The third-order valence-corrected chi connectivity index (χ3v) is 6.67. The second-order valence-corrected chi connectivity index (χ2v) is 8.56. The fourth-order valence-electron chi connectivity index (χ4n) is 6.12. The Kier molecular flexibility index (Phi) is 3.48. The van der Waals surface area contributed by atoms with E-state index in [9.17, 15) is 4.79 Å². The molecule has 0 atom stereocenters. The molecule has 2 heteroatoms. The highest BCUT2D eigenvalue weighted by Gasteiger charge is 2.51. The van der Waals surface area contributed by atoms with Crippen LogP contribution in [-0.2, 0) is 0 Å². The van der Waals surface area contributed by atoms with Crippen molar-refractivity contribution in [2.45, 2.75) is 44.1 Å². The Morgan fingerprint density at radius 3 is 2.00 bits per heavy atom. The summed E-state index contributed by atoms with van der Waals surface area (Å²) in [6, 6.07) is 18.3. The van der Waals surface area contributed by atoms with Gasteiger partial charge >= 0.3 is 0 Å². The largest absolute Gasteiger partial charge is 0.347 e. The van der Waals surface area contributed by atoms with Crippen LogP contribution in [0.15, 0.2) is 54.6 Å². The van der Waals surface area contributed by atoms with Crippen LogP contribution in [0.4, 0.5) is 0 Å². The van der Waals surface area contributed by atoms with Crippen LogP contribution in [0, 0.1) is 17.8 Å². The minimum atomic E-state index is 0.0651. The predicted molar refractivity (Wildman–Crippen MR) is 100 cm³/mol. The van der Waals surface area contributed by atoms with Crippen molar-refractivity contribution in [2.24, 2.45) is 17.8 Å². The van der Waals surface area contributed by atoms with Crippen LogP contribution < -0.4 is 5.32 Å². The second-order valence-electron chi connectivity index (χ2n) is 8.56. The van der Waals surface area contributed by atoms with Crippen molar-refractivity contribution >= 4 is 5.91 Å². The molecule has 0 heterocycles. The first-order valence-corrected chi connectivity index (χ1v) is 9.68. The van der Waals surface area contributed by atoms with Crippen molar-refractivity contribution in [1.29, 1.82) is 0 Å². The molecule has 0 radical (unpaired) electrons. The van der Waals surface area contributed by atoms with Gasteiger partial charge in [0.25, 0.3) is 5.91 Å². The Labute approximate surface area is 149 Å². The topological polar surface area (TPSA) is 29.1 Å². The minimum absolute atomic E-state index is 0.0651. The van der Waals surface area contributed by atoms with E-state index in [1.807, 2.05) is 36.4 Å². The monoisotopic (exact) mass is 331 g/mol. The molecule has 4 saturated carbocycles. The number of carbonyl (C=O) groups is 1. The number of hydrogen-bond donors (Lipinski definition) is 1. The molecule has 4 aliphatic carbocycles. The lowest BCUT2D eigenvalue weighted by molar-refractivity contribution is -0.0166. The van der Waals surface area contributed by atoms with E-state index in [0.29, 0.717) is 0 Å². The average molecular weight is 331 g/mol. The van der Waals surface area contributed by atoms with Crippen LogP contribution in [0.5, 0.6) is 0 Å². The molecule has 2 aromatic carbocycles. The highest BCUT2D eigenvalue weighted by molar-refractivity contribution is 6.01. The fourth-order valence-corrected chi connectivity index (χ4v) is 6.12. The Morgan fingerprint density at radius 1 is 0.800 bits per heavy atom. The van der Waals surface area contributed by atoms with Crippen LogP contribution in [0.25, 0.3) is 11.1 Å². The van der Waals surface area contributed by atoms with Gasteiger partial charge in [-0.1, -0.05) is 48.5 Å². The molecule has 4 aliphatic rings. The van der Waals surface area contributed by atoms with Crippen molar-refractivity contribution in [3.63, 3.8) is 0 Å². The third-order valence-electron chi connectivity index (χ3n) is 6.67. The maximum Gasteiger partial charge on any atom is 0.252 e. The lowest BCUT2D eigenvalue weighted by Crippen LogP contribution is -2.59. The predicted octanol–water partition coefficient (Wildman–Crippen LogP) is 5.05. The molecule has 0 saturated heterocycles. The molecule has 128 valence electrons. The summed E-state index contributed by atoms with van der Waals surface area (Å²) in [6.45, 7) is 0. The van der Waals surface area contributed by atoms with Gasteiger partial charge < -0.3 is 5.32 Å². The minimum Gasteiger partial charge on any atom is -0.347 e. The van der Waals surface area contributed by atoms with Crippen LogP contribution in [0.2, 0.25) is 0 Å². The normalized spacial score (nSPS) is 32.6. The van der Waals surface area contributed by atoms with Gasteiger partial charge in [0.2, 0.25) is 0 Å². The van der Waals surface area contributed by atoms with Crippen LogP contribution in [0.3, 0.4) is 0 Å². The quantitative estimate of drug-likeness (QED) is 0.837. The standard InChI is InChI=1S/C23H25NO/c25-22(21-9-5-4-8-20(21)19-6-2-1-3-7-19)24-23-13-16-10-17(14-23)12-18(11-16)15-23/h1-9,16-18H,10-15H2,(H,24,25). The number of benzene rings is 2. The summed E-state index contributed by atoms with van der Waals surface area (Å²) >= 11 is 0. The molecule has 2 nitrogen and oxygen atoms in total. The molecule has 6 rings (SSSR count). The van der Waals surface area contributed by atoms with E-state index in [1.54, 1.807) is 0 Å². The third kappa shape index (κ3) is 2.68. The van der Waals surface area contributed by atoms with E-state index in [2.05, 4.69) is 23.5 Å². The molecule has 4 bridgehead atoms. The maximum atomic E-state index is 13.2. The van der Waals surface area contributed by atoms with Gasteiger partial charge in [-0.2, -0.15) is 0 Å². The summed E-state index contributed by atoms with van der Waals surface area (Å²) < 4.78 is 0. The molecule has 0 unspecified atom stereocenters. The van der Waals surface area contributed by atoms with Gasteiger partial charge in [-0.05, 0) is 73.5 Å². The second kappa shape index (κ2) is 5.72. The Hall–Kier alpha value is -2.09. The van der Waals surface area contributed by atoms with Crippen LogP contribution in [0.1, 0.15) is 48.9 Å². The molecule has 1 N–H and O–H groups in total. The lowest BCUT2D eigenvalue weighted by atomic mass is 9.53. The van der Waals surface area contributed by atoms with Crippen LogP contribution in [-0.4, -0.2) is 11.4 Å². The molecule has 4 fully saturated rings. The molecule has 2 aromatic rings. The van der Waals surface area contributed by atoms with E-state index in [-0.39, 0.29) is 11.4 Å². The molecule has 1 amide bonds. The molecular weight excluding hydrogens is 306 g/mol. The number of hydrogen-bond acceptors (Lipinski definition) is 1. The lowest BCUT2D eigenvalue weighted by Gasteiger charge is -2.56. The van der Waals surface area contributed by atoms with Gasteiger partial charge in [-0.15, -0.1) is 0 Å². The van der Waals surface area contributed by atoms with Crippen molar-refractivity contribution in [2.75, 3.05) is 0 Å². The van der Waals surface area contributed by atoms with Crippen molar-refractivity contribution in [3.05, 3.63) is 60.2 Å². The Balaban J connectivity index is 1.44. The summed E-state index contributed by atoms with van der Waals surface area (Å²) in [6.07, 6.45) is 7.77. The SMILES string of the molecule is O=C(NC12CC3CC(CC(C3)C1)C2)c1ccccc1-c1ccccc1. The zero-order chi connectivity index (χ0) is 16.9. The Morgan fingerprint density at radius 2 is 1.36 bits per heavy atom. The smallest absolute Gasteiger partial charge is 0.252 e. The molecule has 0 spiro atoms. The summed E-state index contributed by atoms with van der Waals surface area (Å²) in [5.41, 5.74) is 3.02. The van der Waals surface area contributed by atoms with E-state index < -0.39 is 0 Å². The van der Waals surface area contributed by atoms with Gasteiger partial charge in [0.15, 0.2) is 0 Å². The van der Waals surface area contributed by atoms with Gasteiger partial charge in [-0.25, -0.2) is 0 Å². The summed E-state index contributed by atoms with van der Waals surface area (Å²) in [5.74, 6) is 2.64. The average Bonchev–Trinajstić information content (AvgIpc) is 2.61. The Bertz CT molecular complexity index is 759. The van der Waals surface area contributed by atoms with E-state index >= 15 is 0 Å². The van der Waals surface area contributed by atoms with Gasteiger partial charge in [0.05, 0.1) is 0 Å². The van der Waals surface area contributed by atoms with Crippen LogP contribution >= 0.6 is 0 Å².